The first kappa shape index (κ1) is 7.46. The van der Waals surface area contributed by atoms with Gasteiger partial charge in [-0.2, -0.15) is 0 Å². The summed E-state index contributed by atoms with van der Waals surface area (Å²) < 4.78 is 0. The SMILES string of the molecule is CC(O)(C=CO)CO. The molecule has 0 amide bonds. The predicted molar refractivity (Wildman–Crippen MR) is 29.5 cm³/mol. The normalized spacial score (nSPS) is 18.9. The van der Waals surface area contributed by atoms with Crippen molar-refractivity contribution >= 4 is 0 Å². The molecule has 0 aliphatic rings. The van der Waals surface area contributed by atoms with E-state index >= 15 is 0 Å². The van der Waals surface area contributed by atoms with Gasteiger partial charge in [-0.3, -0.25) is 0 Å². The third-order valence-electron chi connectivity index (χ3n) is 0.754. The van der Waals surface area contributed by atoms with Crippen LogP contribution < -0.4 is 0 Å². The first-order valence-electron chi connectivity index (χ1n) is 2.27. The third kappa shape index (κ3) is 2.60. The van der Waals surface area contributed by atoms with Gasteiger partial charge in [0.2, 0.25) is 0 Å². The van der Waals surface area contributed by atoms with Gasteiger partial charge >= 0.3 is 0 Å². The van der Waals surface area contributed by atoms with Gasteiger partial charge in [0, 0.05) is 0 Å². The highest BCUT2D eigenvalue weighted by Gasteiger charge is 2.12. The van der Waals surface area contributed by atoms with E-state index in [-0.39, 0.29) is 6.61 Å². The van der Waals surface area contributed by atoms with E-state index in [0.29, 0.717) is 6.26 Å². The number of rotatable bonds is 2. The fourth-order valence-corrected chi connectivity index (χ4v) is 0.213. The first-order chi connectivity index (χ1) is 3.62. The van der Waals surface area contributed by atoms with Crippen molar-refractivity contribution in [3.63, 3.8) is 0 Å². The summed E-state index contributed by atoms with van der Waals surface area (Å²) in [7, 11) is 0. The highest BCUT2D eigenvalue weighted by molar-refractivity contribution is 4.93. The molecular weight excluding hydrogens is 108 g/mol. The highest BCUT2D eigenvalue weighted by atomic mass is 16.3. The second-order valence-electron chi connectivity index (χ2n) is 1.83. The molecule has 0 aromatic heterocycles. The van der Waals surface area contributed by atoms with Crippen molar-refractivity contribution in [1.29, 1.82) is 0 Å². The van der Waals surface area contributed by atoms with Crippen molar-refractivity contribution in [2.75, 3.05) is 6.61 Å². The molecule has 0 aromatic rings. The first-order valence-corrected chi connectivity index (χ1v) is 2.27. The molecule has 3 N–H and O–H groups in total. The van der Waals surface area contributed by atoms with Crippen molar-refractivity contribution in [2.45, 2.75) is 12.5 Å². The Balaban J connectivity index is 3.71. The summed E-state index contributed by atoms with van der Waals surface area (Å²) in [5.41, 5.74) is -1.28. The fraction of sp³-hybridized carbons (Fsp3) is 0.600. The van der Waals surface area contributed by atoms with Crippen LogP contribution in [0.2, 0.25) is 0 Å². The maximum absolute atomic E-state index is 8.83. The van der Waals surface area contributed by atoms with Crippen molar-refractivity contribution in [1.82, 2.24) is 0 Å². The van der Waals surface area contributed by atoms with E-state index in [0.717, 1.165) is 6.08 Å². The average molecular weight is 118 g/mol. The minimum atomic E-state index is -1.28. The molecule has 3 heteroatoms. The third-order valence-corrected chi connectivity index (χ3v) is 0.754. The molecule has 0 aromatic carbocycles. The maximum atomic E-state index is 8.83. The van der Waals surface area contributed by atoms with Crippen molar-refractivity contribution in [3.8, 4) is 0 Å². The lowest BCUT2D eigenvalue weighted by Crippen LogP contribution is -2.25. The van der Waals surface area contributed by atoms with Gasteiger partial charge in [-0.05, 0) is 13.0 Å². The van der Waals surface area contributed by atoms with Gasteiger partial charge in [0.1, 0.15) is 5.60 Å². The Labute approximate surface area is 47.9 Å². The number of hydrogen-bond acceptors (Lipinski definition) is 3. The summed E-state index contributed by atoms with van der Waals surface area (Å²) in [6.07, 6.45) is 1.81. The minimum Gasteiger partial charge on any atom is -0.516 e. The Morgan fingerprint density at radius 2 is 2.12 bits per heavy atom. The molecule has 0 aliphatic heterocycles. The number of aliphatic hydroxyl groups is 3. The Kier molecular flexibility index (Phi) is 2.51. The zero-order chi connectivity index (χ0) is 6.62. The second kappa shape index (κ2) is 2.69. The van der Waals surface area contributed by atoms with Gasteiger partial charge in [0.05, 0.1) is 12.9 Å². The molecule has 0 bridgehead atoms. The van der Waals surface area contributed by atoms with E-state index in [9.17, 15) is 0 Å². The summed E-state index contributed by atoms with van der Waals surface area (Å²) in [5.74, 6) is 0. The molecule has 0 saturated heterocycles. The molecule has 8 heavy (non-hydrogen) atoms. The van der Waals surface area contributed by atoms with Crippen molar-refractivity contribution in [2.24, 2.45) is 0 Å². The molecule has 0 heterocycles. The van der Waals surface area contributed by atoms with Crippen LogP contribution in [0, 0.1) is 0 Å². The smallest absolute Gasteiger partial charge is 0.106 e. The van der Waals surface area contributed by atoms with E-state index in [1.54, 1.807) is 0 Å². The van der Waals surface area contributed by atoms with Gasteiger partial charge < -0.3 is 15.3 Å². The molecule has 0 saturated carbocycles. The van der Waals surface area contributed by atoms with Crippen molar-refractivity contribution in [3.05, 3.63) is 12.3 Å². The van der Waals surface area contributed by atoms with Crippen LogP contribution in [-0.2, 0) is 0 Å². The summed E-state index contributed by atoms with van der Waals surface area (Å²) >= 11 is 0. The average Bonchev–Trinajstić information content (AvgIpc) is 1.67. The lowest BCUT2D eigenvalue weighted by molar-refractivity contribution is 0.0420. The number of hydrogen-bond donors (Lipinski definition) is 3. The van der Waals surface area contributed by atoms with Crippen LogP contribution in [0.25, 0.3) is 0 Å². The maximum Gasteiger partial charge on any atom is 0.106 e. The summed E-state index contributed by atoms with van der Waals surface area (Å²) in [5, 5.41) is 25.2. The molecule has 3 nitrogen and oxygen atoms in total. The minimum absolute atomic E-state index is 0.385. The van der Waals surface area contributed by atoms with E-state index in [1.807, 2.05) is 0 Å². The zero-order valence-electron chi connectivity index (χ0n) is 4.70. The highest BCUT2D eigenvalue weighted by Crippen LogP contribution is 2.01. The van der Waals surface area contributed by atoms with Crippen LogP contribution in [-0.4, -0.2) is 27.5 Å². The molecule has 0 spiro atoms. The molecule has 0 aliphatic carbocycles. The van der Waals surface area contributed by atoms with Crippen LogP contribution in [0.3, 0.4) is 0 Å². The summed E-state index contributed by atoms with van der Waals surface area (Å²) in [6.45, 7) is 1.00. The van der Waals surface area contributed by atoms with Gasteiger partial charge in [0.15, 0.2) is 0 Å². The van der Waals surface area contributed by atoms with Crippen LogP contribution in [0.5, 0.6) is 0 Å². The van der Waals surface area contributed by atoms with Gasteiger partial charge in [-0.25, -0.2) is 0 Å². The van der Waals surface area contributed by atoms with Gasteiger partial charge in [-0.15, -0.1) is 0 Å². The van der Waals surface area contributed by atoms with Crippen molar-refractivity contribution < 1.29 is 15.3 Å². The second-order valence-corrected chi connectivity index (χ2v) is 1.83. The quantitative estimate of drug-likeness (QED) is 0.440. The Hall–Kier alpha value is -0.540. The van der Waals surface area contributed by atoms with E-state index in [4.69, 9.17) is 15.3 Å². The molecular formula is C5H10O3. The summed E-state index contributed by atoms with van der Waals surface area (Å²) in [6, 6.07) is 0. The van der Waals surface area contributed by atoms with Crippen LogP contribution in [0.1, 0.15) is 6.92 Å². The molecule has 0 rings (SSSR count). The van der Waals surface area contributed by atoms with Crippen LogP contribution in [0.15, 0.2) is 12.3 Å². The van der Waals surface area contributed by atoms with E-state index in [1.165, 1.54) is 6.92 Å². The molecule has 48 valence electrons. The lowest BCUT2D eigenvalue weighted by Gasteiger charge is -2.12. The molecule has 0 fully saturated rings. The summed E-state index contributed by atoms with van der Waals surface area (Å²) in [4.78, 5) is 0. The lowest BCUT2D eigenvalue weighted by atomic mass is 10.1. The fourth-order valence-electron chi connectivity index (χ4n) is 0.213. The van der Waals surface area contributed by atoms with Crippen LogP contribution >= 0.6 is 0 Å². The monoisotopic (exact) mass is 118 g/mol. The van der Waals surface area contributed by atoms with Crippen LogP contribution in [0.4, 0.5) is 0 Å². The Morgan fingerprint density at radius 3 is 2.25 bits per heavy atom. The molecule has 0 radical (unpaired) electrons. The van der Waals surface area contributed by atoms with E-state index < -0.39 is 5.60 Å². The van der Waals surface area contributed by atoms with E-state index in [2.05, 4.69) is 0 Å². The zero-order valence-corrected chi connectivity index (χ0v) is 4.70. The Bertz CT molecular complexity index is 85.7. The molecule has 1 atom stereocenters. The molecule has 1 unspecified atom stereocenters. The van der Waals surface area contributed by atoms with Gasteiger partial charge in [-0.1, -0.05) is 0 Å². The predicted octanol–water partition coefficient (Wildman–Crippen LogP) is -0.199. The topological polar surface area (TPSA) is 60.7 Å². The Morgan fingerprint density at radius 1 is 1.62 bits per heavy atom. The number of aliphatic hydroxyl groups excluding tert-OH is 2. The largest absolute Gasteiger partial charge is 0.516 e. The standard InChI is InChI=1S/C5H10O3/c1-5(8,4-7)2-3-6/h2-3,6-8H,4H2,1H3. The van der Waals surface area contributed by atoms with Gasteiger partial charge in [0.25, 0.3) is 0 Å².